The molecule has 0 fully saturated rings. The fourth-order valence-corrected chi connectivity index (χ4v) is 1.96. The number of rotatable bonds is 8. The minimum absolute atomic E-state index is 0.226. The molecule has 0 saturated heterocycles. The summed E-state index contributed by atoms with van der Waals surface area (Å²) >= 11 is 5.56. The summed E-state index contributed by atoms with van der Waals surface area (Å²) in [5.41, 5.74) is 6.73. The van der Waals surface area contributed by atoms with Crippen molar-refractivity contribution in [2.24, 2.45) is 0 Å². The average molecular weight is 406 g/mol. The van der Waals surface area contributed by atoms with Crippen LogP contribution in [0.3, 0.4) is 0 Å². The molecule has 6 nitrogen and oxygen atoms in total. The van der Waals surface area contributed by atoms with Crippen molar-refractivity contribution in [2.45, 2.75) is 19.8 Å². The summed E-state index contributed by atoms with van der Waals surface area (Å²) in [6.07, 6.45) is 1.44. The van der Waals surface area contributed by atoms with Crippen molar-refractivity contribution in [1.29, 1.82) is 0 Å². The number of carbonyl (C=O) groups is 2. The zero-order chi connectivity index (χ0) is 20.9. The van der Waals surface area contributed by atoms with Crippen LogP contribution >= 0.6 is 11.6 Å². The van der Waals surface area contributed by atoms with Gasteiger partial charge in [-0.2, -0.15) is 0 Å². The van der Waals surface area contributed by atoms with E-state index in [0.717, 1.165) is 17.1 Å². The van der Waals surface area contributed by atoms with Crippen LogP contribution in [0.15, 0.2) is 60.7 Å². The Kier molecular flexibility index (Phi) is 10.2. The molecule has 0 atom stereocenters. The summed E-state index contributed by atoms with van der Waals surface area (Å²) in [7, 11) is 0. The highest BCUT2D eigenvalue weighted by molar-refractivity contribution is 6.30. The highest BCUT2D eigenvalue weighted by atomic mass is 35.5. The third-order valence-corrected chi connectivity index (χ3v) is 3.61. The summed E-state index contributed by atoms with van der Waals surface area (Å²) in [4.78, 5) is 21.7. The molecule has 2 aromatic carbocycles. The number of carboxylic acid groups (broad SMARTS) is 1. The van der Waals surface area contributed by atoms with Gasteiger partial charge in [-0.05, 0) is 68.3 Å². The molecule has 28 heavy (non-hydrogen) atoms. The van der Waals surface area contributed by atoms with Crippen LogP contribution in [-0.4, -0.2) is 30.3 Å². The Labute approximate surface area is 169 Å². The van der Waals surface area contributed by atoms with E-state index >= 15 is 0 Å². The number of ether oxygens (including phenoxy) is 2. The molecule has 0 aromatic heterocycles. The number of hydrogen-bond acceptors (Lipinski definition) is 5. The molecule has 2 aromatic rings. The number of hydrogen-bond donors (Lipinski definition) is 2. The number of carboxylic acids is 1. The highest BCUT2D eigenvalue weighted by Crippen LogP contribution is 2.12. The minimum Gasteiger partial charge on any atom is -0.494 e. The molecule has 0 bridgehead atoms. The van der Waals surface area contributed by atoms with Crippen LogP contribution in [-0.2, 0) is 9.53 Å². The maximum Gasteiger partial charge on any atom is 0.335 e. The maximum atomic E-state index is 11.1. The van der Waals surface area contributed by atoms with E-state index < -0.39 is 5.97 Å². The van der Waals surface area contributed by atoms with E-state index in [1.54, 1.807) is 43.3 Å². The monoisotopic (exact) mass is 405 g/mol. The second kappa shape index (κ2) is 12.4. The van der Waals surface area contributed by atoms with Crippen molar-refractivity contribution >= 4 is 29.2 Å². The van der Waals surface area contributed by atoms with Crippen LogP contribution in [0.2, 0.25) is 5.02 Å². The second-order valence-electron chi connectivity index (χ2n) is 5.85. The largest absolute Gasteiger partial charge is 0.494 e. The van der Waals surface area contributed by atoms with Gasteiger partial charge >= 0.3 is 11.9 Å². The van der Waals surface area contributed by atoms with Crippen LogP contribution in [0.1, 0.15) is 30.1 Å². The Morgan fingerprint density at radius 1 is 1.04 bits per heavy atom. The number of nitrogens with two attached hydrogens (primary N) is 1. The van der Waals surface area contributed by atoms with Crippen molar-refractivity contribution in [3.8, 4) is 5.75 Å². The van der Waals surface area contributed by atoms with Crippen molar-refractivity contribution in [1.82, 2.24) is 0 Å². The average Bonchev–Trinajstić information content (AvgIpc) is 2.67. The molecule has 0 unspecified atom stereocenters. The summed E-state index contributed by atoms with van der Waals surface area (Å²) in [5, 5.41) is 9.47. The minimum atomic E-state index is -0.962. The molecule has 0 aliphatic carbocycles. The van der Waals surface area contributed by atoms with E-state index in [9.17, 15) is 9.59 Å². The third kappa shape index (κ3) is 9.64. The Bertz CT molecular complexity index is 751. The lowest BCUT2D eigenvalue weighted by Gasteiger charge is -2.07. The lowest BCUT2D eigenvalue weighted by Crippen LogP contribution is -2.07. The van der Waals surface area contributed by atoms with Crippen LogP contribution in [0, 0.1) is 0 Å². The molecule has 0 amide bonds. The smallest absolute Gasteiger partial charge is 0.335 e. The molecule has 150 valence electrons. The number of nitrogen functional groups attached to an aromatic ring is 1. The molecule has 3 N–H and O–H groups in total. The fraction of sp³-hybridized carbons (Fsp3) is 0.238. The maximum absolute atomic E-state index is 11.1. The number of benzene rings is 2. The molecule has 0 heterocycles. The normalized spacial score (nSPS) is 9.64. The second-order valence-corrected chi connectivity index (χ2v) is 6.29. The number of aromatic carboxylic acids is 1. The molecule has 2 rings (SSSR count). The first-order chi connectivity index (χ1) is 13.3. The highest BCUT2D eigenvalue weighted by Gasteiger charge is 2.03. The predicted molar refractivity (Wildman–Crippen MR) is 110 cm³/mol. The Morgan fingerprint density at radius 2 is 1.61 bits per heavy atom. The van der Waals surface area contributed by atoms with E-state index in [4.69, 9.17) is 31.9 Å². The number of unbranched alkanes of at least 4 members (excludes halogenated alkanes) is 1. The summed E-state index contributed by atoms with van der Waals surface area (Å²) < 4.78 is 10.4. The van der Waals surface area contributed by atoms with E-state index in [0.29, 0.717) is 31.0 Å². The van der Waals surface area contributed by atoms with Gasteiger partial charge in [-0.1, -0.05) is 18.2 Å². The molecule has 0 aliphatic heterocycles. The summed E-state index contributed by atoms with van der Waals surface area (Å²) in [5.74, 6) is -0.722. The number of esters is 1. The first kappa shape index (κ1) is 23.0. The van der Waals surface area contributed by atoms with E-state index in [1.165, 1.54) is 12.1 Å². The number of carbonyl (C=O) groups excluding carboxylic acids is 1. The van der Waals surface area contributed by atoms with Gasteiger partial charge in [0, 0.05) is 16.3 Å². The molecule has 0 spiro atoms. The summed E-state index contributed by atoms with van der Waals surface area (Å²) in [6.45, 7) is 5.92. The molecule has 0 aliphatic rings. The Hall–Kier alpha value is -2.99. The SMILES string of the molecule is C=C(C)C(=O)OCCCCOc1ccc(C(=O)O)cc1.Nc1ccc(Cl)cc1. The van der Waals surface area contributed by atoms with E-state index in [2.05, 4.69) is 6.58 Å². The zero-order valence-corrected chi connectivity index (χ0v) is 16.4. The molecular formula is C21H24ClNO5. The molecule has 0 saturated carbocycles. The van der Waals surface area contributed by atoms with Gasteiger partial charge in [0.15, 0.2) is 0 Å². The van der Waals surface area contributed by atoms with Crippen LogP contribution in [0.4, 0.5) is 5.69 Å². The van der Waals surface area contributed by atoms with Gasteiger partial charge in [0.2, 0.25) is 0 Å². The fourth-order valence-electron chi connectivity index (χ4n) is 1.84. The zero-order valence-electron chi connectivity index (χ0n) is 15.7. The number of halogens is 1. The van der Waals surface area contributed by atoms with Crippen LogP contribution < -0.4 is 10.5 Å². The lowest BCUT2D eigenvalue weighted by atomic mass is 10.2. The van der Waals surface area contributed by atoms with Gasteiger partial charge in [0.25, 0.3) is 0 Å². The van der Waals surface area contributed by atoms with Crippen molar-refractivity contribution < 1.29 is 24.2 Å². The van der Waals surface area contributed by atoms with Crippen LogP contribution in [0.25, 0.3) is 0 Å². The first-order valence-corrected chi connectivity index (χ1v) is 8.97. The van der Waals surface area contributed by atoms with Gasteiger partial charge in [-0.15, -0.1) is 0 Å². The third-order valence-electron chi connectivity index (χ3n) is 3.36. The molecule has 7 heteroatoms. The standard InChI is InChI=1S/C15H18O5.C6H6ClN/c1-11(2)15(18)20-10-4-3-9-19-13-7-5-12(6-8-13)14(16)17;7-5-1-3-6(8)4-2-5/h5-8H,1,3-4,9-10H2,2H3,(H,16,17);1-4H,8H2. The van der Waals surface area contributed by atoms with Crippen molar-refractivity contribution in [3.05, 3.63) is 71.3 Å². The molecule has 0 radical (unpaired) electrons. The Balaban J connectivity index is 0.000000406. The summed E-state index contributed by atoms with van der Waals surface area (Å²) in [6, 6.07) is 13.3. The lowest BCUT2D eigenvalue weighted by molar-refractivity contribution is -0.139. The van der Waals surface area contributed by atoms with E-state index in [-0.39, 0.29) is 11.5 Å². The predicted octanol–water partition coefficient (Wildman–Crippen LogP) is 4.59. The van der Waals surface area contributed by atoms with Crippen LogP contribution in [0.5, 0.6) is 5.75 Å². The topological polar surface area (TPSA) is 98.8 Å². The van der Waals surface area contributed by atoms with Crippen molar-refractivity contribution in [2.75, 3.05) is 18.9 Å². The van der Waals surface area contributed by atoms with Gasteiger partial charge in [-0.3, -0.25) is 0 Å². The quantitative estimate of drug-likeness (QED) is 0.288. The Morgan fingerprint density at radius 3 is 2.11 bits per heavy atom. The van der Waals surface area contributed by atoms with Crippen molar-refractivity contribution in [3.63, 3.8) is 0 Å². The van der Waals surface area contributed by atoms with Gasteiger partial charge in [0.1, 0.15) is 5.75 Å². The van der Waals surface area contributed by atoms with Gasteiger partial charge < -0.3 is 20.3 Å². The van der Waals surface area contributed by atoms with Gasteiger partial charge in [0.05, 0.1) is 18.8 Å². The van der Waals surface area contributed by atoms with E-state index in [1.807, 2.05) is 0 Å². The van der Waals surface area contributed by atoms with Gasteiger partial charge in [-0.25, -0.2) is 9.59 Å². The molecular weight excluding hydrogens is 382 g/mol. The number of anilines is 1. The first-order valence-electron chi connectivity index (χ1n) is 8.59.